The number of nitrogens with two attached hydrogens (primary N) is 1. The molecule has 0 saturated carbocycles. The van der Waals surface area contributed by atoms with E-state index in [1.54, 1.807) is 6.07 Å². The summed E-state index contributed by atoms with van der Waals surface area (Å²) >= 11 is 0. The number of anilines is 3. The molecule has 0 aliphatic heterocycles. The van der Waals surface area contributed by atoms with Gasteiger partial charge in [0.05, 0.1) is 11.4 Å². The summed E-state index contributed by atoms with van der Waals surface area (Å²) in [6, 6.07) is 14.9. The van der Waals surface area contributed by atoms with Crippen LogP contribution in [0.4, 0.5) is 21.5 Å². The van der Waals surface area contributed by atoms with E-state index in [-0.39, 0.29) is 11.5 Å². The molecule has 2 aromatic carbocycles. The molecule has 0 unspecified atom stereocenters. The van der Waals surface area contributed by atoms with Crippen LogP contribution in [0.1, 0.15) is 19.8 Å². The Labute approximate surface area is 113 Å². The minimum Gasteiger partial charge on any atom is -0.395 e. The van der Waals surface area contributed by atoms with Crippen molar-refractivity contribution < 1.29 is 4.39 Å². The van der Waals surface area contributed by atoms with Gasteiger partial charge in [-0.05, 0) is 30.7 Å². The molecule has 0 bridgehead atoms. The Balaban J connectivity index is 2.40. The van der Waals surface area contributed by atoms with E-state index >= 15 is 0 Å². The first-order chi connectivity index (χ1) is 9.24. The summed E-state index contributed by atoms with van der Waals surface area (Å²) in [7, 11) is 0. The van der Waals surface area contributed by atoms with Gasteiger partial charge in [0.1, 0.15) is 5.82 Å². The number of nitrogen functional groups attached to an aromatic ring is 1. The second-order valence-corrected chi connectivity index (χ2v) is 4.51. The molecule has 0 aromatic heterocycles. The molecular weight excluding hydrogens is 239 g/mol. The van der Waals surface area contributed by atoms with Crippen LogP contribution >= 0.6 is 0 Å². The maximum Gasteiger partial charge on any atom is 0.148 e. The van der Waals surface area contributed by atoms with E-state index in [1.165, 1.54) is 6.07 Å². The lowest BCUT2D eigenvalue weighted by atomic mass is 10.2. The monoisotopic (exact) mass is 258 g/mol. The second kappa shape index (κ2) is 6.23. The van der Waals surface area contributed by atoms with Gasteiger partial charge in [0.15, 0.2) is 0 Å². The van der Waals surface area contributed by atoms with Crippen LogP contribution in [-0.2, 0) is 0 Å². The number of hydrogen-bond acceptors (Lipinski definition) is 2. The molecule has 0 radical (unpaired) electrons. The number of nitrogens with zero attached hydrogens (tertiary/aromatic N) is 1. The molecule has 0 saturated heterocycles. The van der Waals surface area contributed by atoms with Crippen LogP contribution in [0.15, 0.2) is 48.5 Å². The average Bonchev–Trinajstić information content (AvgIpc) is 2.45. The lowest BCUT2D eigenvalue weighted by molar-refractivity contribution is 0.632. The van der Waals surface area contributed by atoms with Gasteiger partial charge in [-0.3, -0.25) is 0 Å². The quantitative estimate of drug-likeness (QED) is 0.808. The van der Waals surface area contributed by atoms with E-state index < -0.39 is 0 Å². The van der Waals surface area contributed by atoms with Crippen molar-refractivity contribution in [3.63, 3.8) is 0 Å². The van der Waals surface area contributed by atoms with E-state index in [2.05, 4.69) is 11.8 Å². The molecule has 100 valence electrons. The highest BCUT2D eigenvalue weighted by Gasteiger charge is 2.13. The van der Waals surface area contributed by atoms with Gasteiger partial charge in [0, 0.05) is 12.2 Å². The average molecular weight is 258 g/mol. The first kappa shape index (κ1) is 13.4. The number of benzene rings is 2. The highest BCUT2D eigenvalue weighted by atomic mass is 19.1. The lowest BCUT2D eigenvalue weighted by Gasteiger charge is -2.26. The molecule has 0 amide bonds. The van der Waals surface area contributed by atoms with Crippen LogP contribution in [-0.4, -0.2) is 6.54 Å². The van der Waals surface area contributed by atoms with Crippen molar-refractivity contribution in [2.45, 2.75) is 19.8 Å². The highest BCUT2D eigenvalue weighted by Crippen LogP contribution is 2.32. The zero-order valence-electron chi connectivity index (χ0n) is 11.1. The molecular formula is C16H19FN2. The van der Waals surface area contributed by atoms with Crippen molar-refractivity contribution in [1.82, 2.24) is 0 Å². The van der Waals surface area contributed by atoms with Gasteiger partial charge in [-0.1, -0.05) is 37.6 Å². The molecule has 0 aliphatic rings. The molecule has 0 aliphatic carbocycles. The Morgan fingerprint density at radius 2 is 1.79 bits per heavy atom. The normalized spacial score (nSPS) is 10.4. The molecule has 3 heteroatoms. The third kappa shape index (κ3) is 3.05. The minimum absolute atomic E-state index is 0.211. The standard InChI is InChI=1S/C16H19FN2/c1-2-3-12-19(13-8-5-4-6-9-13)15-11-7-10-14(17)16(15)18/h4-11H,2-3,12,18H2,1H3. The van der Waals surface area contributed by atoms with Crippen LogP contribution in [0, 0.1) is 5.82 Å². The van der Waals surface area contributed by atoms with E-state index in [0.717, 1.165) is 30.8 Å². The number of para-hydroxylation sites is 2. The van der Waals surface area contributed by atoms with E-state index in [4.69, 9.17) is 5.73 Å². The van der Waals surface area contributed by atoms with Gasteiger partial charge >= 0.3 is 0 Å². The second-order valence-electron chi connectivity index (χ2n) is 4.51. The lowest BCUT2D eigenvalue weighted by Crippen LogP contribution is -2.20. The zero-order valence-corrected chi connectivity index (χ0v) is 11.1. The van der Waals surface area contributed by atoms with Crippen molar-refractivity contribution >= 4 is 17.1 Å². The fourth-order valence-corrected chi connectivity index (χ4v) is 2.07. The Kier molecular flexibility index (Phi) is 4.39. The first-order valence-electron chi connectivity index (χ1n) is 6.60. The number of unbranched alkanes of at least 4 members (excludes halogenated alkanes) is 1. The third-order valence-electron chi connectivity index (χ3n) is 3.12. The smallest absolute Gasteiger partial charge is 0.148 e. The first-order valence-corrected chi connectivity index (χ1v) is 6.60. The largest absolute Gasteiger partial charge is 0.395 e. The molecule has 2 aromatic rings. The predicted octanol–water partition coefficient (Wildman–Crippen LogP) is 4.35. The zero-order chi connectivity index (χ0) is 13.7. The van der Waals surface area contributed by atoms with Crippen molar-refractivity contribution in [1.29, 1.82) is 0 Å². The number of rotatable bonds is 5. The minimum atomic E-state index is -0.366. The predicted molar refractivity (Wildman–Crippen MR) is 79.2 cm³/mol. The van der Waals surface area contributed by atoms with Crippen LogP contribution in [0.3, 0.4) is 0 Å². The van der Waals surface area contributed by atoms with Crippen LogP contribution in [0.2, 0.25) is 0 Å². The molecule has 0 spiro atoms. The summed E-state index contributed by atoms with van der Waals surface area (Å²) in [5.74, 6) is -0.366. The van der Waals surface area contributed by atoms with Crippen molar-refractivity contribution in [3.05, 3.63) is 54.3 Å². The number of halogens is 1. The van der Waals surface area contributed by atoms with Crippen molar-refractivity contribution in [2.24, 2.45) is 0 Å². The van der Waals surface area contributed by atoms with Gasteiger partial charge in [-0.25, -0.2) is 4.39 Å². The van der Waals surface area contributed by atoms with E-state index in [0.29, 0.717) is 0 Å². The Hall–Kier alpha value is -2.03. The summed E-state index contributed by atoms with van der Waals surface area (Å²) in [6.07, 6.45) is 2.11. The van der Waals surface area contributed by atoms with Gasteiger partial charge in [0.25, 0.3) is 0 Å². The SMILES string of the molecule is CCCCN(c1ccccc1)c1cccc(F)c1N. The Bertz CT molecular complexity index is 526. The van der Waals surface area contributed by atoms with Crippen molar-refractivity contribution in [2.75, 3.05) is 17.2 Å². The van der Waals surface area contributed by atoms with E-state index in [1.807, 2.05) is 36.4 Å². The maximum atomic E-state index is 13.6. The fraction of sp³-hybridized carbons (Fsp3) is 0.250. The summed E-state index contributed by atoms with van der Waals surface area (Å²) in [4.78, 5) is 2.07. The van der Waals surface area contributed by atoms with Crippen LogP contribution in [0.25, 0.3) is 0 Å². The van der Waals surface area contributed by atoms with E-state index in [9.17, 15) is 4.39 Å². The molecule has 2 rings (SSSR count). The van der Waals surface area contributed by atoms with Crippen LogP contribution in [0.5, 0.6) is 0 Å². The van der Waals surface area contributed by atoms with Gasteiger partial charge < -0.3 is 10.6 Å². The molecule has 0 fully saturated rings. The Morgan fingerprint density at radius 1 is 1.05 bits per heavy atom. The summed E-state index contributed by atoms with van der Waals surface area (Å²) in [5.41, 5.74) is 7.86. The van der Waals surface area contributed by atoms with Crippen LogP contribution < -0.4 is 10.6 Å². The molecule has 2 N–H and O–H groups in total. The van der Waals surface area contributed by atoms with Gasteiger partial charge in [-0.15, -0.1) is 0 Å². The number of hydrogen-bond donors (Lipinski definition) is 1. The summed E-state index contributed by atoms with van der Waals surface area (Å²) in [5, 5.41) is 0. The molecule has 0 heterocycles. The maximum absolute atomic E-state index is 13.6. The molecule has 19 heavy (non-hydrogen) atoms. The van der Waals surface area contributed by atoms with Gasteiger partial charge in [0.2, 0.25) is 0 Å². The summed E-state index contributed by atoms with van der Waals surface area (Å²) in [6.45, 7) is 2.96. The highest BCUT2D eigenvalue weighted by molar-refractivity contribution is 5.75. The summed E-state index contributed by atoms with van der Waals surface area (Å²) < 4.78 is 13.6. The fourth-order valence-electron chi connectivity index (χ4n) is 2.07. The Morgan fingerprint density at radius 3 is 2.47 bits per heavy atom. The topological polar surface area (TPSA) is 29.3 Å². The van der Waals surface area contributed by atoms with Gasteiger partial charge in [-0.2, -0.15) is 0 Å². The molecule has 2 nitrogen and oxygen atoms in total. The van der Waals surface area contributed by atoms with Crippen molar-refractivity contribution in [3.8, 4) is 0 Å². The third-order valence-corrected chi connectivity index (χ3v) is 3.12. The molecule has 0 atom stereocenters.